The van der Waals surface area contributed by atoms with Gasteiger partial charge in [-0.15, -0.1) is 11.3 Å². The van der Waals surface area contributed by atoms with Crippen LogP contribution in [-0.4, -0.2) is 18.0 Å². The number of hydrogen-bond acceptors (Lipinski definition) is 5. The summed E-state index contributed by atoms with van der Waals surface area (Å²) in [6.45, 7) is 0. The fraction of sp³-hybridized carbons (Fsp3) is 0.111. The van der Waals surface area contributed by atoms with Crippen molar-refractivity contribution < 1.29 is 9.53 Å². The van der Waals surface area contributed by atoms with Crippen molar-refractivity contribution in [2.45, 2.75) is 0 Å². The maximum Gasteiger partial charge on any atom is 0.267 e. The maximum absolute atomic E-state index is 11.7. The molecule has 0 aliphatic heterocycles. The Morgan fingerprint density at radius 3 is 3.00 bits per heavy atom. The van der Waals surface area contributed by atoms with Crippen LogP contribution in [0.15, 0.2) is 21.4 Å². The molecule has 1 N–H and O–H groups in total. The smallest absolute Gasteiger partial charge is 0.267 e. The molecule has 1 amide bonds. The molecule has 0 spiro atoms. The first-order chi connectivity index (χ1) is 7.69. The molecule has 4 nitrogen and oxygen atoms in total. The second kappa shape index (κ2) is 4.94. The molecule has 0 aliphatic rings. The molecule has 0 radical (unpaired) electrons. The summed E-state index contributed by atoms with van der Waals surface area (Å²) >= 11 is 5.99. The molecule has 0 bridgehead atoms. The van der Waals surface area contributed by atoms with E-state index in [-0.39, 0.29) is 5.91 Å². The van der Waals surface area contributed by atoms with Crippen LogP contribution in [0.4, 0.5) is 5.13 Å². The van der Waals surface area contributed by atoms with E-state index in [0.717, 1.165) is 3.79 Å². The number of amides is 1. The fourth-order valence-electron chi connectivity index (χ4n) is 1.02. The summed E-state index contributed by atoms with van der Waals surface area (Å²) in [6.07, 6.45) is 1.65. The third-order valence-corrected chi connectivity index (χ3v) is 4.03. The molecule has 7 heteroatoms. The number of anilines is 1. The van der Waals surface area contributed by atoms with Crippen molar-refractivity contribution in [3.05, 3.63) is 26.3 Å². The first-order valence-corrected chi connectivity index (χ1v) is 6.73. The van der Waals surface area contributed by atoms with E-state index in [1.54, 1.807) is 24.8 Å². The summed E-state index contributed by atoms with van der Waals surface area (Å²) < 4.78 is 5.89. The Hall–Kier alpha value is -0.920. The highest BCUT2D eigenvalue weighted by molar-refractivity contribution is 9.11. The minimum atomic E-state index is -0.171. The number of rotatable bonds is 3. The fourth-order valence-corrected chi connectivity index (χ4v) is 2.87. The van der Waals surface area contributed by atoms with Crippen LogP contribution in [0, 0.1) is 0 Å². The van der Waals surface area contributed by atoms with E-state index in [4.69, 9.17) is 4.74 Å². The Morgan fingerprint density at radius 2 is 2.44 bits per heavy atom. The minimum absolute atomic E-state index is 0.171. The molecule has 2 aromatic heterocycles. The predicted molar refractivity (Wildman–Crippen MR) is 68.6 cm³/mol. The Kier molecular flexibility index (Phi) is 3.57. The number of thiazole rings is 1. The number of hydrogen-bond donors (Lipinski definition) is 1. The van der Waals surface area contributed by atoms with Crippen molar-refractivity contribution in [1.29, 1.82) is 0 Å². The monoisotopic (exact) mass is 318 g/mol. The molecular weight excluding hydrogens is 312 g/mol. The molecule has 2 aromatic rings. The second-order valence-electron chi connectivity index (χ2n) is 2.77. The average Bonchev–Trinajstić information content (AvgIpc) is 2.87. The summed E-state index contributed by atoms with van der Waals surface area (Å²) in [4.78, 5) is 16.4. The summed E-state index contributed by atoms with van der Waals surface area (Å²) in [5.41, 5.74) is 0. The van der Waals surface area contributed by atoms with Crippen molar-refractivity contribution in [1.82, 2.24) is 4.98 Å². The van der Waals surface area contributed by atoms with Crippen molar-refractivity contribution in [2.24, 2.45) is 0 Å². The molecule has 2 rings (SSSR count). The SMILES string of the molecule is COc1csc(C(=O)Nc2ncc(Br)s2)c1. The number of carbonyl (C=O) groups is 1. The largest absolute Gasteiger partial charge is 0.496 e. The Labute approximate surface area is 108 Å². The number of halogens is 1. The van der Waals surface area contributed by atoms with E-state index < -0.39 is 0 Å². The predicted octanol–water partition coefficient (Wildman–Crippen LogP) is 3.23. The highest BCUT2D eigenvalue weighted by Crippen LogP contribution is 2.25. The van der Waals surface area contributed by atoms with Crippen LogP contribution in [0.3, 0.4) is 0 Å². The maximum atomic E-state index is 11.7. The van der Waals surface area contributed by atoms with Gasteiger partial charge in [-0.1, -0.05) is 11.3 Å². The normalized spacial score (nSPS) is 10.1. The number of carbonyl (C=O) groups excluding carboxylic acids is 1. The molecule has 0 saturated carbocycles. The lowest BCUT2D eigenvalue weighted by Crippen LogP contribution is -2.09. The standard InChI is InChI=1S/C9H7BrN2O2S2/c1-14-5-2-6(15-4-5)8(13)12-9-11-3-7(10)16-9/h2-4H,1H3,(H,11,12,13). The molecule has 16 heavy (non-hydrogen) atoms. The van der Waals surface area contributed by atoms with Crippen LogP contribution in [-0.2, 0) is 0 Å². The lowest BCUT2D eigenvalue weighted by molar-refractivity contribution is 0.103. The van der Waals surface area contributed by atoms with Gasteiger partial charge in [0.15, 0.2) is 5.13 Å². The average molecular weight is 319 g/mol. The topological polar surface area (TPSA) is 51.2 Å². The van der Waals surface area contributed by atoms with Gasteiger partial charge in [-0.2, -0.15) is 0 Å². The van der Waals surface area contributed by atoms with Crippen LogP contribution in [0.2, 0.25) is 0 Å². The van der Waals surface area contributed by atoms with Crippen molar-refractivity contribution in [2.75, 3.05) is 12.4 Å². The van der Waals surface area contributed by atoms with E-state index in [1.165, 1.54) is 22.7 Å². The van der Waals surface area contributed by atoms with Gasteiger partial charge in [0, 0.05) is 11.4 Å². The van der Waals surface area contributed by atoms with Gasteiger partial charge >= 0.3 is 0 Å². The highest BCUT2D eigenvalue weighted by Gasteiger charge is 2.11. The molecule has 0 atom stereocenters. The van der Waals surface area contributed by atoms with E-state index in [1.807, 2.05) is 0 Å². The number of aromatic nitrogens is 1. The lowest BCUT2D eigenvalue weighted by atomic mass is 10.4. The Morgan fingerprint density at radius 1 is 1.62 bits per heavy atom. The van der Waals surface area contributed by atoms with E-state index >= 15 is 0 Å². The van der Waals surface area contributed by atoms with Crippen LogP contribution in [0.1, 0.15) is 9.67 Å². The van der Waals surface area contributed by atoms with Crippen LogP contribution in [0.25, 0.3) is 0 Å². The molecule has 0 unspecified atom stereocenters. The molecule has 0 fully saturated rings. The van der Waals surface area contributed by atoms with Crippen molar-refractivity contribution in [3.8, 4) is 5.75 Å². The van der Waals surface area contributed by atoms with E-state index in [0.29, 0.717) is 15.8 Å². The quantitative estimate of drug-likeness (QED) is 0.945. The van der Waals surface area contributed by atoms with Gasteiger partial charge in [-0.25, -0.2) is 4.98 Å². The van der Waals surface area contributed by atoms with Crippen molar-refractivity contribution in [3.63, 3.8) is 0 Å². The third kappa shape index (κ3) is 2.60. The highest BCUT2D eigenvalue weighted by atomic mass is 79.9. The third-order valence-electron chi connectivity index (χ3n) is 1.73. The van der Waals surface area contributed by atoms with Gasteiger partial charge in [0.1, 0.15) is 5.75 Å². The van der Waals surface area contributed by atoms with Gasteiger partial charge in [0.2, 0.25) is 0 Å². The Balaban J connectivity index is 2.08. The molecule has 0 saturated heterocycles. The summed E-state index contributed by atoms with van der Waals surface area (Å²) in [6, 6.07) is 1.70. The van der Waals surface area contributed by atoms with E-state index in [9.17, 15) is 4.79 Å². The van der Waals surface area contributed by atoms with Gasteiger partial charge in [0.25, 0.3) is 5.91 Å². The Bertz CT molecular complexity index is 509. The first-order valence-electron chi connectivity index (χ1n) is 4.24. The zero-order valence-electron chi connectivity index (χ0n) is 8.19. The van der Waals surface area contributed by atoms with Gasteiger partial charge < -0.3 is 4.74 Å². The zero-order chi connectivity index (χ0) is 11.5. The van der Waals surface area contributed by atoms with Gasteiger partial charge in [-0.3, -0.25) is 10.1 Å². The lowest BCUT2D eigenvalue weighted by Gasteiger charge is -1.97. The zero-order valence-corrected chi connectivity index (χ0v) is 11.4. The van der Waals surface area contributed by atoms with Gasteiger partial charge in [-0.05, 0) is 15.9 Å². The number of nitrogens with zero attached hydrogens (tertiary/aromatic N) is 1. The molecule has 2 heterocycles. The van der Waals surface area contributed by atoms with E-state index in [2.05, 4.69) is 26.2 Å². The minimum Gasteiger partial charge on any atom is -0.496 e. The summed E-state index contributed by atoms with van der Waals surface area (Å²) in [7, 11) is 1.57. The number of nitrogens with one attached hydrogen (secondary N) is 1. The number of ether oxygens (including phenoxy) is 1. The van der Waals surface area contributed by atoms with Crippen LogP contribution in [0.5, 0.6) is 5.75 Å². The number of thiophene rings is 1. The number of methoxy groups -OCH3 is 1. The molecule has 84 valence electrons. The summed E-state index contributed by atoms with van der Waals surface area (Å²) in [5.74, 6) is 0.519. The second-order valence-corrected chi connectivity index (χ2v) is 6.10. The summed E-state index contributed by atoms with van der Waals surface area (Å²) in [5, 5.41) is 5.07. The molecular formula is C9H7BrN2O2S2. The van der Waals surface area contributed by atoms with Crippen LogP contribution < -0.4 is 10.1 Å². The van der Waals surface area contributed by atoms with Gasteiger partial charge in [0.05, 0.1) is 22.0 Å². The molecule has 0 aliphatic carbocycles. The van der Waals surface area contributed by atoms with Crippen molar-refractivity contribution >= 4 is 49.6 Å². The first kappa shape index (κ1) is 11.6. The van der Waals surface area contributed by atoms with Crippen LogP contribution >= 0.6 is 38.6 Å². The molecule has 0 aromatic carbocycles.